The van der Waals surface area contributed by atoms with Gasteiger partial charge in [-0.15, -0.1) is 0 Å². The largest absolute Gasteiger partial charge is 0.437 e. The quantitative estimate of drug-likeness (QED) is 0.866. The van der Waals surface area contributed by atoms with Crippen LogP contribution in [0.3, 0.4) is 0 Å². The number of benzene rings is 1. The van der Waals surface area contributed by atoms with Gasteiger partial charge in [0, 0.05) is 5.69 Å². The Bertz CT molecular complexity index is 647. The lowest BCUT2D eigenvalue weighted by Gasteiger charge is -2.11. The molecule has 2 aromatic rings. The number of thiocarbonyl (C=S) groups is 1. The van der Waals surface area contributed by atoms with Crippen LogP contribution in [0.25, 0.3) is 0 Å². The number of ether oxygens (including phenoxy) is 1. The predicted octanol–water partition coefficient (Wildman–Crippen LogP) is 4.12. The predicted molar refractivity (Wildman–Crippen MR) is 81.4 cm³/mol. The normalized spacial score (nSPS) is 10.3. The van der Waals surface area contributed by atoms with Crippen LogP contribution < -0.4 is 10.5 Å². The molecule has 0 saturated heterocycles. The zero-order valence-electron chi connectivity index (χ0n) is 9.98. The van der Waals surface area contributed by atoms with Gasteiger partial charge in [0.05, 0.1) is 10.6 Å². The van der Waals surface area contributed by atoms with Gasteiger partial charge in [0.25, 0.3) is 0 Å². The molecule has 1 aromatic heterocycles. The summed E-state index contributed by atoms with van der Waals surface area (Å²) in [6.45, 7) is 1.84. The van der Waals surface area contributed by atoms with Crippen LogP contribution in [0.15, 0.2) is 30.3 Å². The van der Waals surface area contributed by atoms with Gasteiger partial charge in [-0.3, -0.25) is 0 Å². The van der Waals surface area contributed by atoms with Crippen molar-refractivity contribution in [3.05, 3.63) is 51.6 Å². The first-order valence-corrected chi connectivity index (χ1v) is 6.55. The van der Waals surface area contributed by atoms with E-state index in [1.165, 1.54) is 0 Å². The molecular formula is C13H10Cl2N2OS. The fourth-order valence-electron chi connectivity index (χ4n) is 1.47. The molecule has 0 bridgehead atoms. The van der Waals surface area contributed by atoms with Crippen molar-refractivity contribution >= 4 is 40.4 Å². The number of hydrogen-bond donors (Lipinski definition) is 1. The molecule has 6 heteroatoms. The van der Waals surface area contributed by atoms with E-state index in [4.69, 9.17) is 45.9 Å². The van der Waals surface area contributed by atoms with E-state index in [0.29, 0.717) is 27.2 Å². The SMILES string of the molecule is Cc1ccc(C(N)=S)c(Oc2cccc(Cl)c2Cl)n1. The van der Waals surface area contributed by atoms with Crippen LogP contribution in [0.4, 0.5) is 0 Å². The number of aryl methyl sites for hydroxylation is 1. The summed E-state index contributed by atoms with van der Waals surface area (Å²) >= 11 is 17.0. The summed E-state index contributed by atoms with van der Waals surface area (Å²) < 4.78 is 5.67. The molecule has 0 radical (unpaired) electrons. The first kappa shape index (κ1) is 14.1. The minimum Gasteiger partial charge on any atom is -0.437 e. The zero-order valence-corrected chi connectivity index (χ0v) is 12.3. The second-order valence-electron chi connectivity index (χ2n) is 3.82. The summed E-state index contributed by atoms with van der Waals surface area (Å²) in [6.07, 6.45) is 0. The van der Waals surface area contributed by atoms with E-state index in [1.807, 2.05) is 6.92 Å². The Morgan fingerprint density at radius 1 is 1.26 bits per heavy atom. The highest BCUT2D eigenvalue weighted by molar-refractivity contribution is 7.80. The number of nitrogens with two attached hydrogens (primary N) is 1. The van der Waals surface area contributed by atoms with Crippen LogP contribution in [0.5, 0.6) is 11.6 Å². The Morgan fingerprint density at radius 3 is 2.68 bits per heavy atom. The van der Waals surface area contributed by atoms with Crippen molar-refractivity contribution in [2.45, 2.75) is 6.92 Å². The molecule has 0 atom stereocenters. The van der Waals surface area contributed by atoms with Crippen molar-refractivity contribution < 1.29 is 4.74 Å². The molecule has 0 unspecified atom stereocenters. The standard InChI is InChI=1S/C13H10Cl2N2OS/c1-7-5-6-8(12(16)19)13(17-7)18-10-4-2-3-9(14)11(10)15/h2-6H,1H3,(H2,16,19). The van der Waals surface area contributed by atoms with E-state index in [-0.39, 0.29) is 4.99 Å². The van der Waals surface area contributed by atoms with Gasteiger partial charge in [-0.25, -0.2) is 4.98 Å². The van der Waals surface area contributed by atoms with Gasteiger partial charge in [-0.05, 0) is 31.2 Å². The number of hydrogen-bond acceptors (Lipinski definition) is 3. The van der Waals surface area contributed by atoms with Crippen LogP contribution >= 0.6 is 35.4 Å². The molecule has 1 aromatic carbocycles. The monoisotopic (exact) mass is 312 g/mol. The lowest BCUT2D eigenvalue weighted by molar-refractivity contribution is 0.461. The molecule has 0 spiro atoms. The molecule has 98 valence electrons. The van der Waals surface area contributed by atoms with Gasteiger partial charge in [0.15, 0.2) is 0 Å². The maximum absolute atomic E-state index is 6.07. The number of halogens is 2. The molecule has 2 N–H and O–H groups in total. The first-order chi connectivity index (χ1) is 8.99. The average Bonchev–Trinajstić information content (AvgIpc) is 2.35. The number of pyridine rings is 1. The van der Waals surface area contributed by atoms with Crippen molar-refractivity contribution in [3.8, 4) is 11.6 Å². The number of aromatic nitrogens is 1. The fourth-order valence-corrected chi connectivity index (χ4v) is 1.95. The van der Waals surface area contributed by atoms with E-state index in [1.54, 1.807) is 30.3 Å². The highest BCUT2D eigenvalue weighted by atomic mass is 35.5. The maximum Gasteiger partial charge on any atom is 0.229 e. The van der Waals surface area contributed by atoms with Crippen molar-refractivity contribution in [1.82, 2.24) is 4.98 Å². The second kappa shape index (κ2) is 5.74. The van der Waals surface area contributed by atoms with Gasteiger partial charge in [-0.2, -0.15) is 0 Å². The molecule has 3 nitrogen and oxygen atoms in total. The third-order valence-electron chi connectivity index (χ3n) is 2.39. The Labute approximate surface area is 126 Å². The van der Waals surface area contributed by atoms with E-state index in [0.717, 1.165) is 5.69 Å². The molecule has 2 rings (SSSR count). The summed E-state index contributed by atoms with van der Waals surface area (Å²) in [5.41, 5.74) is 6.98. The van der Waals surface area contributed by atoms with E-state index >= 15 is 0 Å². The topological polar surface area (TPSA) is 48.1 Å². The van der Waals surface area contributed by atoms with Gasteiger partial charge >= 0.3 is 0 Å². The minimum atomic E-state index is 0.209. The van der Waals surface area contributed by atoms with Crippen LogP contribution in [-0.2, 0) is 0 Å². The molecule has 19 heavy (non-hydrogen) atoms. The molecule has 0 aliphatic rings. The zero-order chi connectivity index (χ0) is 14.0. The molecule has 0 aliphatic carbocycles. The lowest BCUT2D eigenvalue weighted by atomic mass is 10.2. The van der Waals surface area contributed by atoms with E-state index in [2.05, 4.69) is 4.98 Å². The Balaban J connectivity index is 2.45. The van der Waals surface area contributed by atoms with Gasteiger partial charge in [-0.1, -0.05) is 41.5 Å². The van der Waals surface area contributed by atoms with E-state index in [9.17, 15) is 0 Å². The fraction of sp³-hybridized carbons (Fsp3) is 0.0769. The Morgan fingerprint density at radius 2 is 2.00 bits per heavy atom. The minimum absolute atomic E-state index is 0.209. The van der Waals surface area contributed by atoms with E-state index < -0.39 is 0 Å². The highest BCUT2D eigenvalue weighted by Gasteiger charge is 2.13. The molecule has 0 aliphatic heterocycles. The third-order valence-corrected chi connectivity index (χ3v) is 3.41. The summed E-state index contributed by atoms with van der Waals surface area (Å²) in [6, 6.07) is 8.68. The molecule has 1 heterocycles. The van der Waals surface area contributed by atoms with Crippen molar-refractivity contribution in [2.24, 2.45) is 5.73 Å². The molecule has 0 saturated carbocycles. The van der Waals surface area contributed by atoms with Gasteiger partial charge < -0.3 is 10.5 Å². The second-order valence-corrected chi connectivity index (χ2v) is 5.05. The van der Waals surface area contributed by atoms with Crippen LogP contribution in [0.1, 0.15) is 11.3 Å². The lowest BCUT2D eigenvalue weighted by Crippen LogP contribution is -2.12. The summed E-state index contributed by atoms with van der Waals surface area (Å²) in [4.78, 5) is 4.48. The first-order valence-electron chi connectivity index (χ1n) is 5.38. The van der Waals surface area contributed by atoms with Crippen molar-refractivity contribution in [2.75, 3.05) is 0 Å². The number of rotatable bonds is 3. The number of nitrogens with zero attached hydrogens (tertiary/aromatic N) is 1. The molecule has 0 amide bonds. The Kier molecular flexibility index (Phi) is 4.24. The highest BCUT2D eigenvalue weighted by Crippen LogP contribution is 2.35. The maximum atomic E-state index is 6.07. The van der Waals surface area contributed by atoms with Crippen LogP contribution in [0, 0.1) is 6.92 Å². The van der Waals surface area contributed by atoms with Crippen molar-refractivity contribution in [3.63, 3.8) is 0 Å². The molecular weight excluding hydrogens is 303 g/mol. The van der Waals surface area contributed by atoms with Crippen LogP contribution in [-0.4, -0.2) is 9.97 Å². The summed E-state index contributed by atoms with van der Waals surface area (Å²) in [5, 5.41) is 0.727. The smallest absolute Gasteiger partial charge is 0.229 e. The third kappa shape index (κ3) is 3.15. The average molecular weight is 313 g/mol. The summed E-state index contributed by atoms with van der Waals surface area (Å²) in [7, 11) is 0. The van der Waals surface area contributed by atoms with Crippen LogP contribution in [0.2, 0.25) is 10.0 Å². The van der Waals surface area contributed by atoms with Gasteiger partial charge in [0.2, 0.25) is 5.88 Å². The molecule has 0 fully saturated rings. The summed E-state index contributed by atoms with van der Waals surface area (Å²) in [5.74, 6) is 0.724. The Hall–Kier alpha value is -1.36. The van der Waals surface area contributed by atoms with Crippen molar-refractivity contribution in [1.29, 1.82) is 0 Å². The van der Waals surface area contributed by atoms with Gasteiger partial charge in [0.1, 0.15) is 15.8 Å².